The molecule has 0 bridgehead atoms. The van der Waals surface area contributed by atoms with Crippen LogP contribution >= 0.6 is 11.6 Å². The molecule has 1 aromatic carbocycles. The topological polar surface area (TPSA) is 80.4 Å². The van der Waals surface area contributed by atoms with E-state index < -0.39 is 18.5 Å². The Balaban J connectivity index is 1.93. The van der Waals surface area contributed by atoms with E-state index in [1.807, 2.05) is 0 Å². The lowest BCUT2D eigenvalue weighted by Gasteiger charge is -2.10. The molecule has 0 aliphatic rings. The van der Waals surface area contributed by atoms with Crippen molar-refractivity contribution in [3.8, 4) is 5.75 Å². The van der Waals surface area contributed by atoms with Crippen LogP contribution in [0.15, 0.2) is 36.5 Å². The average molecular weight is 309 g/mol. The summed E-state index contributed by atoms with van der Waals surface area (Å²) in [6, 6.07) is 8.03. The van der Waals surface area contributed by atoms with Crippen LogP contribution in [0.5, 0.6) is 5.75 Å². The lowest BCUT2D eigenvalue weighted by molar-refractivity contribution is -0.119. The Morgan fingerprint density at radius 3 is 2.81 bits per heavy atom. The van der Waals surface area contributed by atoms with Crippen molar-refractivity contribution in [2.75, 3.05) is 19.0 Å². The summed E-state index contributed by atoms with van der Waals surface area (Å²) in [5.41, 5.74) is 0.689. The molecule has 0 atom stereocenters. The highest BCUT2D eigenvalue weighted by atomic mass is 35.5. The maximum atomic E-state index is 11.8. The van der Waals surface area contributed by atoms with Crippen LogP contribution in [0.2, 0.25) is 5.02 Å². The molecule has 2 aromatic rings. The molecule has 1 heterocycles. The molecule has 0 saturated carbocycles. The van der Waals surface area contributed by atoms with Crippen molar-refractivity contribution in [3.63, 3.8) is 0 Å². The van der Waals surface area contributed by atoms with Crippen molar-refractivity contribution in [2.45, 2.75) is 0 Å². The Morgan fingerprint density at radius 2 is 2.14 bits per heavy atom. The van der Waals surface area contributed by atoms with Crippen molar-refractivity contribution in [1.82, 2.24) is 4.98 Å². The summed E-state index contributed by atoms with van der Waals surface area (Å²) in [5, 5.41) is 3.02. The van der Waals surface area contributed by atoms with E-state index in [1.54, 1.807) is 36.5 Å². The normalized spacial score (nSPS) is 10.0. The number of rotatable bonds is 5. The molecule has 0 unspecified atom stereocenters. The van der Waals surface area contributed by atoms with Gasteiger partial charge in [0.1, 0.15) is 11.4 Å². The summed E-state index contributed by atoms with van der Waals surface area (Å²) < 4.78 is 9.97. The van der Waals surface area contributed by atoms with Gasteiger partial charge in [0.25, 0.3) is 5.91 Å². The van der Waals surface area contributed by atoms with Gasteiger partial charge in [0.2, 0.25) is 0 Å². The molecular weight excluding hydrogens is 296 g/mol. The maximum absolute atomic E-state index is 11.8. The average Bonchev–Trinajstić information content (AvgIpc) is 2.99. The van der Waals surface area contributed by atoms with Gasteiger partial charge in [-0.05, 0) is 30.3 Å². The van der Waals surface area contributed by atoms with Crippen LogP contribution in [0.3, 0.4) is 0 Å². The minimum Gasteiger partial charge on any atom is -0.495 e. The molecule has 21 heavy (non-hydrogen) atoms. The number of hydrogen-bond donors (Lipinski definition) is 2. The molecule has 0 saturated heterocycles. The molecule has 2 N–H and O–H groups in total. The number of nitrogens with one attached hydrogen (secondary N) is 2. The number of hydrogen-bond acceptors (Lipinski definition) is 4. The van der Waals surface area contributed by atoms with E-state index in [2.05, 4.69) is 10.3 Å². The third-order valence-electron chi connectivity index (χ3n) is 2.59. The number of amides is 1. The van der Waals surface area contributed by atoms with Crippen molar-refractivity contribution in [2.24, 2.45) is 0 Å². The molecule has 0 aliphatic heterocycles. The number of benzene rings is 1. The first kappa shape index (κ1) is 14.9. The number of H-pyrrole nitrogens is 1. The Kier molecular flexibility index (Phi) is 4.84. The number of carbonyl (C=O) groups excluding carboxylic acids is 2. The minimum absolute atomic E-state index is 0.281. The van der Waals surface area contributed by atoms with E-state index in [1.165, 1.54) is 7.11 Å². The van der Waals surface area contributed by atoms with Gasteiger partial charge in [0.15, 0.2) is 6.61 Å². The van der Waals surface area contributed by atoms with Crippen LogP contribution in [-0.2, 0) is 9.53 Å². The fourth-order valence-corrected chi connectivity index (χ4v) is 1.80. The van der Waals surface area contributed by atoms with Crippen LogP contribution in [0.1, 0.15) is 10.5 Å². The van der Waals surface area contributed by atoms with Crippen LogP contribution < -0.4 is 10.1 Å². The second kappa shape index (κ2) is 6.81. The van der Waals surface area contributed by atoms with E-state index in [-0.39, 0.29) is 5.69 Å². The van der Waals surface area contributed by atoms with E-state index in [0.29, 0.717) is 16.5 Å². The highest BCUT2D eigenvalue weighted by Gasteiger charge is 2.12. The predicted octanol–water partition coefficient (Wildman–Crippen LogP) is 2.47. The zero-order valence-electron chi connectivity index (χ0n) is 11.2. The third-order valence-corrected chi connectivity index (χ3v) is 2.82. The van der Waals surface area contributed by atoms with Gasteiger partial charge in [0, 0.05) is 11.2 Å². The quantitative estimate of drug-likeness (QED) is 0.832. The molecule has 1 amide bonds. The van der Waals surface area contributed by atoms with Gasteiger partial charge in [-0.3, -0.25) is 4.79 Å². The molecule has 110 valence electrons. The monoisotopic (exact) mass is 308 g/mol. The van der Waals surface area contributed by atoms with E-state index in [0.717, 1.165) is 0 Å². The maximum Gasteiger partial charge on any atom is 0.355 e. The Hall–Kier alpha value is -2.47. The fraction of sp³-hybridized carbons (Fsp3) is 0.143. The molecule has 7 heteroatoms. The standard InChI is InChI=1S/C14H13ClN2O4/c1-20-12-5-4-9(15)7-11(12)17-13(18)8-21-14(19)10-3-2-6-16-10/h2-7,16H,8H2,1H3,(H,17,18). The molecule has 2 rings (SSSR count). The lowest BCUT2D eigenvalue weighted by Crippen LogP contribution is -2.21. The zero-order valence-corrected chi connectivity index (χ0v) is 11.9. The lowest BCUT2D eigenvalue weighted by atomic mass is 10.3. The van der Waals surface area contributed by atoms with Crippen LogP contribution in [0.4, 0.5) is 5.69 Å². The SMILES string of the molecule is COc1ccc(Cl)cc1NC(=O)COC(=O)c1ccc[nH]1. The molecule has 1 aromatic heterocycles. The number of halogens is 1. The van der Waals surface area contributed by atoms with Crippen LogP contribution in [0, 0.1) is 0 Å². The van der Waals surface area contributed by atoms with E-state index in [9.17, 15) is 9.59 Å². The summed E-state index contributed by atoms with van der Waals surface area (Å²) in [4.78, 5) is 26.0. The van der Waals surface area contributed by atoms with Gasteiger partial charge in [0.05, 0.1) is 12.8 Å². The number of aromatic amines is 1. The first-order chi connectivity index (χ1) is 10.1. The first-order valence-electron chi connectivity index (χ1n) is 6.04. The molecule has 0 spiro atoms. The highest BCUT2D eigenvalue weighted by Crippen LogP contribution is 2.27. The van der Waals surface area contributed by atoms with E-state index >= 15 is 0 Å². The Labute approximate surface area is 126 Å². The number of methoxy groups -OCH3 is 1. The van der Waals surface area contributed by atoms with Gasteiger partial charge in [-0.1, -0.05) is 11.6 Å². The van der Waals surface area contributed by atoms with Gasteiger partial charge in [-0.25, -0.2) is 4.79 Å². The van der Waals surface area contributed by atoms with Crippen molar-refractivity contribution in [3.05, 3.63) is 47.2 Å². The van der Waals surface area contributed by atoms with Gasteiger partial charge in [-0.2, -0.15) is 0 Å². The van der Waals surface area contributed by atoms with Crippen molar-refractivity contribution < 1.29 is 19.1 Å². The number of esters is 1. The first-order valence-corrected chi connectivity index (χ1v) is 6.42. The van der Waals surface area contributed by atoms with E-state index in [4.69, 9.17) is 21.1 Å². The summed E-state index contributed by atoms with van der Waals surface area (Å²) in [6.45, 7) is -0.409. The van der Waals surface area contributed by atoms with Crippen LogP contribution in [-0.4, -0.2) is 30.6 Å². The second-order valence-corrected chi connectivity index (χ2v) is 4.49. The predicted molar refractivity (Wildman–Crippen MR) is 77.7 cm³/mol. The summed E-state index contributed by atoms with van der Waals surface area (Å²) in [5.74, 6) is -0.632. The minimum atomic E-state index is -0.604. The fourth-order valence-electron chi connectivity index (χ4n) is 1.63. The van der Waals surface area contributed by atoms with Crippen LogP contribution in [0.25, 0.3) is 0 Å². The van der Waals surface area contributed by atoms with Gasteiger partial charge >= 0.3 is 5.97 Å². The summed E-state index contributed by atoms with van der Waals surface area (Å²) >= 11 is 5.86. The Bertz CT molecular complexity index is 640. The number of carbonyl (C=O) groups is 2. The van der Waals surface area contributed by atoms with Gasteiger partial charge in [-0.15, -0.1) is 0 Å². The van der Waals surface area contributed by atoms with Crippen molar-refractivity contribution in [1.29, 1.82) is 0 Å². The largest absolute Gasteiger partial charge is 0.495 e. The molecule has 0 fully saturated rings. The van der Waals surface area contributed by atoms with Gasteiger partial charge < -0.3 is 19.8 Å². The smallest absolute Gasteiger partial charge is 0.355 e. The molecule has 6 nitrogen and oxygen atoms in total. The highest BCUT2D eigenvalue weighted by molar-refractivity contribution is 6.31. The zero-order chi connectivity index (χ0) is 15.2. The molecule has 0 aliphatic carbocycles. The Morgan fingerprint density at radius 1 is 1.33 bits per heavy atom. The third kappa shape index (κ3) is 4.00. The molecule has 0 radical (unpaired) electrons. The number of ether oxygens (including phenoxy) is 2. The molecular formula is C14H13ClN2O4. The number of anilines is 1. The second-order valence-electron chi connectivity index (χ2n) is 4.05. The summed E-state index contributed by atoms with van der Waals surface area (Å²) in [7, 11) is 1.48. The number of aromatic nitrogens is 1. The summed E-state index contributed by atoms with van der Waals surface area (Å²) in [6.07, 6.45) is 1.59. The van der Waals surface area contributed by atoms with Crippen molar-refractivity contribution >= 4 is 29.2 Å².